The van der Waals surface area contributed by atoms with Crippen LogP contribution >= 0.6 is 0 Å². The van der Waals surface area contributed by atoms with Gasteiger partial charge in [0.05, 0.1) is 21.9 Å². The zero-order valence-corrected chi connectivity index (χ0v) is 15.1. The predicted octanol–water partition coefficient (Wildman–Crippen LogP) is 1.85. The Morgan fingerprint density at radius 2 is 1.89 bits per heavy atom. The Morgan fingerprint density at radius 3 is 2.54 bits per heavy atom. The summed E-state index contributed by atoms with van der Waals surface area (Å²) < 4.78 is 64.1. The summed E-state index contributed by atoms with van der Waals surface area (Å²) in [6.45, 7) is 0.249. The van der Waals surface area contributed by atoms with Crippen LogP contribution in [0.3, 0.4) is 0 Å². The van der Waals surface area contributed by atoms with Crippen molar-refractivity contribution in [3.63, 3.8) is 0 Å². The standard InChI is InChI=1S/C17H13F3N2O5S/c1-16(25,17(18,19)20)15(24)22-10-5-2-6-11-12(10)14(23)13-9(4-3-7-21-13)8-28(11,26)27/h2-7,25H,8H2,1H3,(H,22,24). The monoisotopic (exact) mass is 414 g/mol. The maximum absolute atomic E-state index is 12.9. The molecule has 1 aliphatic rings. The van der Waals surface area contributed by atoms with Crippen LogP contribution in [-0.2, 0) is 20.4 Å². The van der Waals surface area contributed by atoms with Crippen molar-refractivity contribution >= 4 is 27.2 Å². The molecule has 1 amide bonds. The Kier molecular flexibility index (Phi) is 4.55. The van der Waals surface area contributed by atoms with E-state index in [0.717, 1.165) is 12.1 Å². The van der Waals surface area contributed by atoms with Crippen molar-refractivity contribution in [3.8, 4) is 0 Å². The first-order valence-electron chi connectivity index (χ1n) is 7.81. The van der Waals surface area contributed by atoms with Crippen LogP contribution in [0.15, 0.2) is 41.4 Å². The topological polar surface area (TPSA) is 113 Å². The number of hydrogen-bond acceptors (Lipinski definition) is 6. The number of sulfone groups is 1. The van der Waals surface area contributed by atoms with Gasteiger partial charge in [-0.25, -0.2) is 8.42 Å². The number of carbonyl (C=O) groups excluding carboxylic acids is 2. The van der Waals surface area contributed by atoms with Gasteiger partial charge in [-0.05, 0) is 30.7 Å². The highest BCUT2D eigenvalue weighted by Gasteiger charge is 2.56. The number of fused-ring (bicyclic) bond motifs is 2. The van der Waals surface area contributed by atoms with Crippen LogP contribution in [0.4, 0.5) is 18.9 Å². The molecular weight excluding hydrogens is 401 g/mol. The second-order valence-electron chi connectivity index (χ2n) is 6.30. The van der Waals surface area contributed by atoms with Crippen molar-refractivity contribution in [3.05, 3.63) is 53.3 Å². The summed E-state index contributed by atoms with van der Waals surface area (Å²) in [6.07, 6.45) is -4.02. The van der Waals surface area contributed by atoms with Crippen LogP contribution in [-0.4, -0.2) is 42.0 Å². The minimum absolute atomic E-state index is 0.128. The summed E-state index contributed by atoms with van der Waals surface area (Å²) in [4.78, 5) is 28.3. The van der Waals surface area contributed by atoms with Gasteiger partial charge in [-0.15, -0.1) is 0 Å². The molecule has 11 heteroatoms. The molecule has 7 nitrogen and oxygen atoms in total. The maximum atomic E-state index is 12.9. The number of nitrogens with zero attached hydrogens (tertiary/aromatic N) is 1. The summed E-state index contributed by atoms with van der Waals surface area (Å²) in [5, 5.41) is 11.3. The highest BCUT2D eigenvalue weighted by Crippen LogP contribution is 2.35. The molecule has 0 radical (unpaired) electrons. The van der Waals surface area contributed by atoms with E-state index in [1.165, 1.54) is 24.4 Å². The Bertz CT molecular complexity index is 1090. The van der Waals surface area contributed by atoms with Crippen molar-refractivity contribution in [1.82, 2.24) is 4.98 Å². The third-order valence-corrected chi connectivity index (χ3v) is 5.98. The van der Waals surface area contributed by atoms with Crippen molar-refractivity contribution in [1.29, 1.82) is 0 Å². The number of rotatable bonds is 2. The highest BCUT2D eigenvalue weighted by molar-refractivity contribution is 7.90. The molecule has 148 valence electrons. The van der Waals surface area contributed by atoms with E-state index >= 15 is 0 Å². The quantitative estimate of drug-likeness (QED) is 0.776. The van der Waals surface area contributed by atoms with Gasteiger partial charge in [0.25, 0.3) is 5.91 Å². The summed E-state index contributed by atoms with van der Waals surface area (Å²) in [5.41, 5.74) is -4.79. The molecule has 2 N–H and O–H groups in total. The zero-order valence-electron chi connectivity index (χ0n) is 14.2. The number of aliphatic hydroxyl groups is 1. The van der Waals surface area contributed by atoms with E-state index in [1.807, 2.05) is 5.32 Å². The van der Waals surface area contributed by atoms with Gasteiger partial charge in [-0.2, -0.15) is 13.2 Å². The fourth-order valence-corrected chi connectivity index (χ4v) is 4.26. The number of pyridine rings is 1. The predicted molar refractivity (Wildman–Crippen MR) is 90.3 cm³/mol. The Balaban J connectivity index is 2.17. The van der Waals surface area contributed by atoms with Crippen LogP contribution in [0.2, 0.25) is 0 Å². The molecule has 1 aromatic heterocycles. The second kappa shape index (κ2) is 6.38. The minimum Gasteiger partial charge on any atom is -0.373 e. The number of ketones is 1. The SMILES string of the molecule is CC(O)(C(=O)Nc1cccc2c1C(=O)c1ncccc1CS2(=O)=O)C(F)(F)F. The lowest BCUT2D eigenvalue weighted by Crippen LogP contribution is -2.52. The van der Waals surface area contributed by atoms with Gasteiger partial charge in [-0.1, -0.05) is 12.1 Å². The van der Waals surface area contributed by atoms with E-state index in [1.54, 1.807) is 0 Å². The Morgan fingerprint density at radius 1 is 1.21 bits per heavy atom. The van der Waals surface area contributed by atoms with Gasteiger partial charge in [0.2, 0.25) is 11.4 Å². The lowest BCUT2D eigenvalue weighted by Gasteiger charge is -2.25. The maximum Gasteiger partial charge on any atom is 0.426 e. The lowest BCUT2D eigenvalue weighted by molar-refractivity contribution is -0.242. The van der Waals surface area contributed by atoms with Crippen LogP contribution in [0.5, 0.6) is 0 Å². The summed E-state index contributed by atoms with van der Waals surface area (Å²) in [5.74, 6) is -3.26. The molecule has 1 aliphatic heterocycles. The molecule has 0 fully saturated rings. The number of nitrogens with one attached hydrogen (secondary N) is 1. The molecule has 1 atom stereocenters. The van der Waals surface area contributed by atoms with Gasteiger partial charge in [0.1, 0.15) is 5.69 Å². The molecule has 0 saturated heterocycles. The summed E-state index contributed by atoms with van der Waals surface area (Å²) in [6, 6.07) is 6.21. The molecule has 0 aliphatic carbocycles. The van der Waals surface area contributed by atoms with Crippen LogP contribution in [0.25, 0.3) is 0 Å². The number of benzene rings is 1. The van der Waals surface area contributed by atoms with E-state index < -0.39 is 55.2 Å². The van der Waals surface area contributed by atoms with E-state index in [9.17, 15) is 36.3 Å². The molecule has 2 aromatic rings. The smallest absolute Gasteiger partial charge is 0.373 e. The third-order valence-electron chi connectivity index (χ3n) is 4.28. The molecule has 2 heterocycles. The van der Waals surface area contributed by atoms with Gasteiger partial charge in [0, 0.05) is 6.20 Å². The normalized spacial score (nSPS) is 17.7. The highest BCUT2D eigenvalue weighted by atomic mass is 32.2. The first kappa shape index (κ1) is 20.0. The van der Waals surface area contributed by atoms with E-state index in [-0.39, 0.29) is 18.2 Å². The Labute approximate surface area is 157 Å². The van der Waals surface area contributed by atoms with Crippen LogP contribution < -0.4 is 5.32 Å². The third kappa shape index (κ3) is 3.16. The number of amides is 1. The van der Waals surface area contributed by atoms with Crippen molar-refractivity contribution < 1.29 is 36.3 Å². The van der Waals surface area contributed by atoms with Crippen LogP contribution in [0, 0.1) is 0 Å². The number of carbonyl (C=O) groups is 2. The van der Waals surface area contributed by atoms with E-state index in [2.05, 4.69) is 4.98 Å². The van der Waals surface area contributed by atoms with Crippen molar-refractivity contribution in [2.45, 2.75) is 29.3 Å². The first-order chi connectivity index (χ1) is 12.9. The average molecular weight is 414 g/mol. The largest absolute Gasteiger partial charge is 0.426 e. The fraction of sp³-hybridized carbons (Fsp3) is 0.235. The molecule has 28 heavy (non-hydrogen) atoms. The van der Waals surface area contributed by atoms with Gasteiger partial charge in [-0.3, -0.25) is 14.6 Å². The van der Waals surface area contributed by atoms with E-state index in [0.29, 0.717) is 0 Å². The van der Waals surface area contributed by atoms with Crippen molar-refractivity contribution in [2.24, 2.45) is 0 Å². The number of halogens is 3. The number of aromatic nitrogens is 1. The fourth-order valence-electron chi connectivity index (χ4n) is 2.66. The molecule has 0 spiro atoms. The molecule has 0 saturated carbocycles. The molecule has 1 unspecified atom stereocenters. The summed E-state index contributed by atoms with van der Waals surface area (Å²) in [7, 11) is -4.04. The zero-order chi connectivity index (χ0) is 20.9. The van der Waals surface area contributed by atoms with E-state index in [4.69, 9.17) is 0 Å². The number of alkyl halides is 3. The molecular formula is C17H13F3N2O5S. The molecule has 1 aromatic carbocycles. The summed E-state index contributed by atoms with van der Waals surface area (Å²) >= 11 is 0. The molecule has 3 rings (SSSR count). The van der Waals surface area contributed by atoms with Crippen LogP contribution in [0.1, 0.15) is 28.5 Å². The van der Waals surface area contributed by atoms with Gasteiger partial charge >= 0.3 is 6.18 Å². The van der Waals surface area contributed by atoms with Gasteiger partial charge < -0.3 is 10.4 Å². The lowest BCUT2D eigenvalue weighted by atomic mass is 10.0. The average Bonchev–Trinajstić information content (AvgIpc) is 2.68. The van der Waals surface area contributed by atoms with Crippen molar-refractivity contribution in [2.75, 3.05) is 5.32 Å². The molecule has 0 bridgehead atoms. The minimum atomic E-state index is -5.28. The number of anilines is 1. The van der Waals surface area contributed by atoms with Gasteiger partial charge in [0.15, 0.2) is 9.84 Å². The Hall–Kier alpha value is -2.79. The number of hydrogen-bond donors (Lipinski definition) is 2. The second-order valence-corrected chi connectivity index (χ2v) is 8.26. The first-order valence-corrected chi connectivity index (χ1v) is 9.46.